The van der Waals surface area contributed by atoms with Gasteiger partial charge in [-0.2, -0.15) is 5.10 Å². The molecule has 0 aromatic carbocycles. The molecule has 116 valence electrons. The van der Waals surface area contributed by atoms with Crippen molar-refractivity contribution in [3.05, 3.63) is 17.5 Å². The van der Waals surface area contributed by atoms with Crippen molar-refractivity contribution in [1.29, 1.82) is 0 Å². The van der Waals surface area contributed by atoms with Gasteiger partial charge in [-0.25, -0.2) is 0 Å². The van der Waals surface area contributed by atoms with Crippen molar-refractivity contribution in [2.24, 2.45) is 13.0 Å². The van der Waals surface area contributed by atoms with Crippen LogP contribution in [0.15, 0.2) is 6.07 Å². The zero-order chi connectivity index (χ0) is 15.4. The molecule has 0 bridgehead atoms. The van der Waals surface area contributed by atoms with Crippen LogP contribution in [0.1, 0.15) is 42.9 Å². The highest BCUT2D eigenvalue weighted by molar-refractivity contribution is 5.93. The van der Waals surface area contributed by atoms with E-state index in [2.05, 4.69) is 5.10 Å². The molecule has 2 heterocycles. The van der Waals surface area contributed by atoms with Gasteiger partial charge in [-0.05, 0) is 32.3 Å². The first kappa shape index (κ1) is 15.5. The summed E-state index contributed by atoms with van der Waals surface area (Å²) in [5, 5.41) is 4.31. The van der Waals surface area contributed by atoms with Crippen molar-refractivity contribution < 1.29 is 14.3 Å². The SMILES string of the molecule is CCOC(=O)[C@@H]1CCCN(C(=O)c2cc(CC)nn2C)C1. The Bertz CT molecular complexity index is 524. The lowest BCUT2D eigenvalue weighted by atomic mass is 9.98. The van der Waals surface area contributed by atoms with E-state index in [1.807, 2.05) is 13.0 Å². The minimum atomic E-state index is -0.207. The molecule has 0 radical (unpaired) electrons. The molecule has 1 fully saturated rings. The van der Waals surface area contributed by atoms with E-state index in [4.69, 9.17) is 4.74 Å². The van der Waals surface area contributed by atoms with Crippen LogP contribution in [0.5, 0.6) is 0 Å². The number of amides is 1. The van der Waals surface area contributed by atoms with Gasteiger partial charge in [0.1, 0.15) is 5.69 Å². The molecule has 1 aromatic rings. The van der Waals surface area contributed by atoms with Gasteiger partial charge in [0, 0.05) is 20.1 Å². The van der Waals surface area contributed by atoms with Crippen LogP contribution >= 0.6 is 0 Å². The Morgan fingerprint density at radius 2 is 2.19 bits per heavy atom. The van der Waals surface area contributed by atoms with Crippen molar-refractivity contribution in [2.45, 2.75) is 33.1 Å². The number of likely N-dealkylation sites (tertiary alicyclic amines) is 1. The number of hydrogen-bond donors (Lipinski definition) is 0. The zero-order valence-electron chi connectivity index (χ0n) is 13.0. The fraction of sp³-hybridized carbons (Fsp3) is 0.667. The number of hydrogen-bond acceptors (Lipinski definition) is 4. The first-order chi connectivity index (χ1) is 10.1. The van der Waals surface area contributed by atoms with Crippen LogP contribution in [0, 0.1) is 5.92 Å². The van der Waals surface area contributed by atoms with Gasteiger partial charge in [0.25, 0.3) is 5.91 Å². The van der Waals surface area contributed by atoms with E-state index in [1.165, 1.54) is 0 Å². The maximum absolute atomic E-state index is 12.6. The molecule has 6 nitrogen and oxygen atoms in total. The maximum Gasteiger partial charge on any atom is 0.310 e. The second-order valence-electron chi connectivity index (χ2n) is 5.34. The maximum atomic E-state index is 12.6. The van der Waals surface area contributed by atoms with Gasteiger partial charge >= 0.3 is 5.97 Å². The van der Waals surface area contributed by atoms with Gasteiger partial charge in [-0.15, -0.1) is 0 Å². The summed E-state index contributed by atoms with van der Waals surface area (Å²) in [4.78, 5) is 26.2. The summed E-state index contributed by atoms with van der Waals surface area (Å²) in [6.45, 7) is 5.30. The Morgan fingerprint density at radius 3 is 2.81 bits per heavy atom. The third kappa shape index (κ3) is 3.43. The highest BCUT2D eigenvalue weighted by Crippen LogP contribution is 2.20. The van der Waals surface area contributed by atoms with Gasteiger partial charge in [0.2, 0.25) is 0 Å². The topological polar surface area (TPSA) is 64.4 Å². The third-order valence-corrected chi connectivity index (χ3v) is 3.84. The molecule has 0 aliphatic carbocycles. The normalized spacial score (nSPS) is 18.6. The average Bonchev–Trinajstić information content (AvgIpc) is 2.88. The summed E-state index contributed by atoms with van der Waals surface area (Å²) in [5.41, 5.74) is 1.48. The highest BCUT2D eigenvalue weighted by atomic mass is 16.5. The van der Waals surface area contributed by atoms with Gasteiger partial charge in [-0.3, -0.25) is 14.3 Å². The van der Waals surface area contributed by atoms with Crippen molar-refractivity contribution in [3.63, 3.8) is 0 Å². The van der Waals surface area contributed by atoms with Crippen molar-refractivity contribution >= 4 is 11.9 Å². The third-order valence-electron chi connectivity index (χ3n) is 3.84. The van der Waals surface area contributed by atoms with Crippen LogP contribution in [0.4, 0.5) is 0 Å². The largest absolute Gasteiger partial charge is 0.466 e. The van der Waals surface area contributed by atoms with Crippen molar-refractivity contribution in [1.82, 2.24) is 14.7 Å². The standard InChI is InChI=1S/C15H23N3O3/c1-4-12-9-13(17(3)16-12)14(19)18-8-6-7-11(10-18)15(20)21-5-2/h9,11H,4-8,10H2,1-3H3/t11-/m1/s1. The minimum Gasteiger partial charge on any atom is -0.466 e. The molecular formula is C15H23N3O3. The number of carbonyl (C=O) groups is 2. The molecule has 1 saturated heterocycles. The molecule has 6 heteroatoms. The number of aromatic nitrogens is 2. The molecule has 0 saturated carbocycles. The summed E-state index contributed by atoms with van der Waals surface area (Å²) < 4.78 is 6.69. The summed E-state index contributed by atoms with van der Waals surface area (Å²) in [6, 6.07) is 1.83. The summed E-state index contributed by atoms with van der Waals surface area (Å²) in [6.07, 6.45) is 2.41. The molecule has 1 aliphatic heterocycles. The van der Waals surface area contributed by atoms with Crippen LogP contribution in [0.3, 0.4) is 0 Å². The monoisotopic (exact) mass is 293 g/mol. The van der Waals surface area contributed by atoms with Crippen LogP contribution in [-0.4, -0.2) is 46.3 Å². The second kappa shape index (κ2) is 6.74. The first-order valence-corrected chi connectivity index (χ1v) is 7.55. The van der Waals surface area contributed by atoms with E-state index >= 15 is 0 Å². The number of esters is 1. The zero-order valence-corrected chi connectivity index (χ0v) is 13.0. The number of piperidine rings is 1. The molecule has 1 aliphatic rings. The number of carbonyl (C=O) groups excluding carboxylic acids is 2. The predicted molar refractivity (Wildman–Crippen MR) is 77.8 cm³/mol. The number of ether oxygens (including phenoxy) is 1. The van der Waals surface area contributed by atoms with E-state index in [1.54, 1.807) is 23.6 Å². The van der Waals surface area contributed by atoms with Crippen LogP contribution in [0.2, 0.25) is 0 Å². The van der Waals surface area contributed by atoms with Crippen LogP contribution in [0.25, 0.3) is 0 Å². The van der Waals surface area contributed by atoms with Gasteiger partial charge < -0.3 is 9.64 Å². The quantitative estimate of drug-likeness (QED) is 0.787. The van der Waals surface area contributed by atoms with Crippen molar-refractivity contribution in [2.75, 3.05) is 19.7 Å². The average molecular weight is 293 g/mol. The summed E-state index contributed by atoms with van der Waals surface area (Å²) >= 11 is 0. The molecule has 1 aromatic heterocycles. The van der Waals surface area contributed by atoms with Gasteiger partial charge in [0.15, 0.2) is 0 Å². The highest BCUT2D eigenvalue weighted by Gasteiger charge is 2.30. The summed E-state index contributed by atoms with van der Waals surface area (Å²) in [7, 11) is 1.78. The van der Waals surface area contributed by atoms with Crippen LogP contribution < -0.4 is 0 Å². The molecule has 0 unspecified atom stereocenters. The van der Waals surface area contributed by atoms with Crippen molar-refractivity contribution in [3.8, 4) is 0 Å². The molecule has 1 atom stereocenters. The number of aryl methyl sites for hydroxylation is 2. The Morgan fingerprint density at radius 1 is 1.43 bits per heavy atom. The number of rotatable bonds is 4. The molecule has 2 rings (SSSR count). The Balaban J connectivity index is 2.08. The fourth-order valence-corrected chi connectivity index (χ4v) is 2.68. The minimum absolute atomic E-state index is 0.0568. The van der Waals surface area contributed by atoms with E-state index in [-0.39, 0.29) is 17.8 Å². The number of nitrogens with zero attached hydrogens (tertiary/aromatic N) is 3. The Labute approximate surface area is 125 Å². The molecule has 0 spiro atoms. The van der Waals surface area contributed by atoms with E-state index in [0.717, 1.165) is 25.0 Å². The second-order valence-corrected chi connectivity index (χ2v) is 5.34. The lowest BCUT2D eigenvalue weighted by molar-refractivity contribution is -0.149. The molecule has 1 amide bonds. The molecule has 0 N–H and O–H groups in total. The Kier molecular flexibility index (Phi) is 4.98. The Hall–Kier alpha value is -1.85. The first-order valence-electron chi connectivity index (χ1n) is 7.55. The lowest BCUT2D eigenvalue weighted by Gasteiger charge is -2.31. The van der Waals surface area contributed by atoms with E-state index in [0.29, 0.717) is 25.4 Å². The van der Waals surface area contributed by atoms with Gasteiger partial charge in [0.05, 0.1) is 18.2 Å². The molecular weight excluding hydrogens is 270 g/mol. The van der Waals surface area contributed by atoms with Crippen LogP contribution in [-0.2, 0) is 23.0 Å². The lowest BCUT2D eigenvalue weighted by Crippen LogP contribution is -2.43. The van der Waals surface area contributed by atoms with E-state index < -0.39 is 0 Å². The smallest absolute Gasteiger partial charge is 0.310 e. The molecule has 21 heavy (non-hydrogen) atoms. The van der Waals surface area contributed by atoms with Gasteiger partial charge in [-0.1, -0.05) is 6.92 Å². The fourth-order valence-electron chi connectivity index (χ4n) is 2.68. The predicted octanol–water partition coefficient (Wildman–Crippen LogP) is 1.40. The summed E-state index contributed by atoms with van der Waals surface area (Å²) in [5.74, 6) is -0.463. The van der Waals surface area contributed by atoms with E-state index in [9.17, 15) is 9.59 Å².